The Hall–Kier alpha value is -7.37. The predicted octanol–water partition coefficient (Wildman–Crippen LogP) is 12.7. The number of nitrogens with zero attached hydrogens (tertiary/aromatic N) is 4. The first-order valence-electron chi connectivity index (χ1n) is 18.2. The Morgan fingerprint density at radius 3 is 1.83 bits per heavy atom. The Kier molecular flexibility index (Phi) is 5.99. The van der Waals surface area contributed by atoms with Gasteiger partial charge in [-0.2, -0.15) is 0 Å². The SMILES string of the molecule is c1ccc(-c2nc(-c3cc4oc5ccc6c7ccccc7n7c8ccccc8c(c3)c4c5c67)nc(-c3ccccc3-c3ccc4ccccc4c3)n2)cc1. The van der Waals surface area contributed by atoms with Crippen molar-refractivity contribution in [2.24, 2.45) is 0 Å². The fraction of sp³-hybridized carbons (Fsp3) is 0. The van der Waals surface area contributed by atoms with Crippen LogP contribution in [-0.2, 0) is 0 Å². The lowest BCUT2D eigenvalue weighted by molar-refractivity contribution is 0.669. The van der Waals surface area contributed by atoms with E-state index in [1.54, 1.807) is 0 Å². The van der Waals surface area contributed by atoms with Gasteiger partial charge in [-0.3, -0.25) is 0 Å². The molecule has 0 aliphatic rings. The van der Waals surface area contributed by atoms with Crippen LogP contribution in [0.25, 0.3) is 116 Å². The van der Waals surface area contributed by atoms with Gasteiger partial charge in [0.25, 0.3) is 0 Å². The summed E-state index contributed by atoms with van der Waals surface area (Å²) in [6.07, 6.45) is 0. The molecule has 12 rings (SSSR count). The zero-order chi connectivity index (χ0) is 35.3. The van der Waals surface area contributed by atoms with Crippen molar-refractivity contribution in [3.63, 3.8) is 0 Å². The zero-order valence-corrected chi connectivity index (χ0v) is 28.9. The second-order valence-electron chi connectivity index (χ2n) is 14.0. The minimum Gasteiger partial charge on any atom is -0.456 e. The molecule has 0 N–H and O–H groups in total. The molecule has 0 unspecified atom stereocenters. The molecule has 0 aliphatic heterocycles. The van der Waals surface area contributed by atoms with Gasteiger partial charge in [0, 0.05) is 38.2 Å². The molecule has 0 aliphatic carbocycles. The van der Waals surface area contributed by atoms with Crippen LogP contribution in [-0.4, -0.2) is 19.4 Å². The molecule has 0 bridgehead atoms. The lowest BCUT2D eigenvalue weighted by Gasteiger charge is -2.13. The summed E-state index contributed by atoms with van der Waals surface area (Å²) in [6.45, 7) is 0. The van der Waals surface area contributed by atoms with Crippen LogP contribution in [0, 0.1) is 0 Å². The van der Waals surface area contributed by atoms with Crippen LogP contribution in [0.4, 0.5) is 0 Å². The first-order valence-corrected chi connectivity index (χ1v) is 18.2. The lowest BCUT2D eigenvalue weighted by atomic mass is 9.96. The smallest absolute Gasteiger partial charge is 0.164 e. The zero-order valence-electron chi connectivity index (χ0n) is 28.9. The fourth-order valence-corrected chi connectivity index (χ4v) is 8.55. The number of para-hydroxylation sites is 2. The lowest BCUT2D eigenvalue weighted by Crippen LogP contribution is -2.01. The molecule has 5 nitrogen and oxygen atoms in total. The molecule has 250 valence electrons. The molecular formula is C49H28N4O. The minimum absolute atomic E-state index is 0.586. The molecule has 12 aromatic rings. The molecule has 0 radical (unpaired) electrons. The molecule has 4 heterocycles. The van der Waals surface area contributed by atoms with E-state index in [1.165, 1.54) is 32.6 Å². The third-order valence-corrected chi connectivity index (χ3v) is 11.0. The summed E-state index contributed by atoms with van der Waals surface area (Å²) < 4.78 is 9.17. The first kappa shape index (κ1) is 29.2. The molecule has 0 fully saturated rings. The van der Waals surface area contributed by atoms with Gasteiger partial charge >= 0.3 is 0 Å². The highest BCUT2D eigenvalue weighted by Crippen LogP contribution is 2.45. The largest absolute Gasteiger partial charge is 0.456 e. The molecule has 0 atom stereocenters. The number of hydrogen-bond donors (Lipinski definition) is 0. The summed E-state index contributed by atoms with van der Waals surface area (Å²) in [5, 5.41) is 9.29. The van der Waals surface area contributed by atoms with Gasteiger partial charge in [-0.1, -0.05) is 127 Å². The standard InChI is InChI=1S/C49H28N4O/c1-2-13-30(14-3-1)47-50-48(52-49(51-47)38-19-7-6-16-34(38)32-23-22-29-12-4-5-15-31(29)26-32)33-27-39-36-18-9-11-21-41(36)53-40-20-10-8-17-35(40)37-24-25-42-45(46(37)53)44(39)43(28-33)54-42/h1-28H. The van der Waals surface area contributed by atoms with Crippen molar-refractivity contribution in [2.75, 3.05) is 0 Å². The van der Waals surface area contributed by atoms with Gasteiger partial charge in [0.15, 0.2) is 17.5 Å². The van der Waals surface area contributed by atoms with Crippen molar-refractivity contribution < 1.29 is 4.42 Å². The summed E-state index contributed by atoms with van der Waals surface area (Å²) in [5.41, 5.74) is 10.0. The number of benzene rings is 8. The average Bonchev–Trinajstić information content (AvgIpc) is 3.75. The van der Waals surface area contributed by atoms with Gasteiger partial charge in [-0.05, 0) is 69.8 Å². The average molecular weight is 689 g/mol. The monoisotopic (exact) mass is 688 g/mol. The van der Waals surface area contributed by atoms with E-state index in [4.69, 9.17) is 19.4 Å². The maximum atomic E-state index is 6.76. The van der Waals surface area contributed by atoms with Crippen LogP contribution in [0.5, 0.6) is 0 Å². The van der Waals surface area contributed by atoms with E-state index in [-0.39, 0.29) is 0 Å². The van der Waals surface area contributed by atoms with Gasteiger partial charge in [0.2, 0.25) is 0 Å². The van der Waals surface area contributed by atoms with Crippen LogP contribution in [0.15, 0.2) is 174 Å². The quantitative estimate of drug-likeness (QED) is 0.185. The summed E-state index contributed by atoms with van der Waals surface area (Å²) in [4.78, 5) is 15.6. The Morgan fingerprint density at radius 2 is 1.02 bits per heavy atom. The molecule has 5 heteroatoms. The van der Waals surface area contributed by atoms with Crippen LogP contribution in [0.3, 0.4) is 0 Å². The van der Waals surface area contributed by atoms with E-state index in [0.717, 1.165) is 66.0 Å². The number of fused-ring (bicyclic) bond motifs is 7. The number of furan rings is 1. The fourth-order valence-electron chi connectivity index (χ4n) is 8.55. The first-order chi connectivity index (χ1) is 26.8. The highest BCUT2D eigenvalue weighted by molar-refractivity contribution is 6.32. The van der Waals surface area contributed by atoms with Gasteiger partial charge in [-0.25, -0.2) is 15.0 Å². The second kappa shape index (κ2) is 11.1. The highest BCUT2D eigenvalue weighted by Gasteiger charge is 2.23. The Labute approximate surface area is 308 Å². The minimum atomic E-state index is 0.586. The van der Waals surface area contributed by atoms with Crippen molar-refractivity contribution in [1.29, 1.82) is 0 Å². The molecule has 0 amide bonds. The molecule has 0 saturated heterocycles. The molecule has 4 aromatic heterocycles. The van der Waals surface area contributed by atoms with Gasteiger partial charge in [0.1, 0.15) is 11.2 Å². The van der Waals surface area contributed by atoms with Gasteiger partial charge in [-0.15, -0.1) is 0 Å². The normalized spacial score (nSPS) is 12.1. The summed E-state index contributed by atoms with van der Waals surface area (Å²) in [7, 11) is 0. The van der Waals surface area contributed by atoms with Crippen LogP contribution in [0.2, 0.25) is 0 Å². The summed E-state index contributed by atoms with van der Waals surface area (Å²) in [6, 6.07) is 59.6. The van der Waals surface area contributed by atoms with Gasteiger partial charge < -0.3 is 8.82 Å². The Bertz CT molecular complexity index is 3440. The molecule has 54 heavy (non-hydrogen) atoms. The Balaban J connectivity index is 1.16. The van der Waals surface area contributed by atoms with Crippen molar-refractivity contribution in [3.8, 4) is 45.3 Å². The van der Waals surface area contributed by atoms with Crippen molar-refractivity contribution >= 4 is 70.8 Å². The van der Waals surface area contributed by atoms with E-state index < -0.39 is 0 Å². The van der Waals surface area contributed by atoms with Crippen molar-refractivity contribution in [2.45, 2.75) is 0 Å². The summed E-state index contributed by atoms with van der Waals surface area (Å²) >= 11 is 0. The number of hydrogen-bond acceptors (Lipinski definition) is 4. The highest BCUT2D eigenvalue weighted by atomic mass is 16.3. The third-order valence-electron chi connectivity index (χ3n) is 11.0. The van der Waals surface area contributed by atoms with E-state index in [2.05, 4.69) is 156 Å². The van der Waals surface area contributed by atoms with E-state index in [9.17, 15) is 0 Å². The molecular weight excluding hydrogens is 661 g/mol. The van der Waals surface area contributed by atoms with Gasteiger partial charge in [0.05, 0.1) is 21.9 Å². The number of aromatic nitrogens is 4. The van der Waals surface area contributed by atoms with Crippen LogP contribution >= 0.6 is 0 Å². The molecule has 0 spiro atoms. The van der Waals surface area contributed by atoms with Crippen LogP contribution in [0.1, 0.15) is 0 Å². The van der Waals surface area contributed by atoms with E-state index >= 15 is 0 Å². The Morgan fingerprint density at radius 1 is 0.370 bits per heavy atom. The summed E-state index contributed by atoms with van der Waals surface area (Å²) in [5.74, 6) is 1.81. The third kappa shape index (κ3) is 4.18. The van der Waals surface area contributed by atoms with Crippen molar-refractivity contribution in [1.82, 2.24) is 19.4 Å². The van der Waals surface area contributed by atoms with E-state index in [0.29, 0.717) is 17.5 Å². The van der Waals surface area contributed by atoms with Crippen molar-refractivity contribution in [3.05, 3.63) is 170 Å². The topological polar surface area (TPSA) is 56.2 Å². The second-order valence-corrected chi connectivity index (χ2v) is 14.0. The maximum absolute atomic E-state index is 6.76. The molecule has 0 saturated carbocycles. The molecule has 8 aromatic carbocycles. The predicted molar refractivity (Wildman–Crippen MR) is 221 cm³/mol. The van der Waals surface area contributed by atoms with E-state index in [1.807, 2.05) is 18.2 Å². The maximum Gasteiger partial charge on any atom is 0.164 e. The number of rotatable bonds is 4. The van der Waals surface area contributed by atoms with Crippen LogP contribution < -0.4 is 0 Å².